The molecule has 0 amide bonds. The second kappa shape index (κ2) is 13.3. The first-order valence-electron chi connectivity index (χ1n) is 10.4. The fourth-order valence-corrected chi connectivity index (χ4v) is 3.09. The molecule has 0 aromatic carbocycles. The lowest BCUT2D eigenvalue weighted by Gasteiger charge is -2.16. The second-order valence-corrected chi connectivity index (χ2v) is 7.30. The molecule has 0 heterocycles. The summed E-state index contributed by atoms with van der Waals surface area (Å²) in [6.45, 7) is 8.92. The average Bonchev–Trinajstić information content (AvgIpc) is 2.78. The van der Waals surface area contributed by atoms with Gasteiger partial charge in [-0.15, -0.1) is 0 Å². The normalized spacial score (nSPS) is 16.7. The Labute approximate surface area is 164 Å². The van der Waals surface area contributed by atoms with E-state index in [0.29, 0.717) is 18.8 Å². The Morgan fingerprint density at radius 1 is 0.815 bits per heavy atom. The molecule has 0 aromatic rings. The van der Waals surface area contributed by atoms with E-state index in [1.807, 2.05) is 19.9 Å². The molecular formula is C23H36O4. The minimum absolute atomic E-state index is 0.370. The Bertz CT molecular complexity index is 569. The molecule has 1 atom stereocenters. The van der Waals surface area contributed by atoms with E-state index in [1.165, 1.54) is 0 Å². The smallest absolute Gasteiger partial charge is 0.335 e. The standard InChI is InChI=1S/C23H36O4/c1-5-7-9-11-13-26-22(24)20-16-18(3)15-19(4)17-21(20)23(25)27-14-12-10-8-6-2/h15-17,20H,5-14H2,1-4H3. The lowest BCUT2D eigenvalue weighted by atomic mass is 9.97. The Morgan fingerprint density at radius 3 is 2.00 bits per heavy atom. The molecule has 0 saturated carbocycles. The largest absolute Gasteiger partial charge is 0.465 e. The Morgan fingerprint density at radius 2 is 1.41 bits per heavy atom. The molecule has 0 N–H and O–H groups in total. The van der Waals surface area contributed by atoms with E-state index in [2.05, 4.69) is 13.8 Å². The monoisotopic (exact) mass is 376 g/mol. The molecule has 1 rings (SSSR count). The van der Waals surface area contributed by atoms with Gasteiger partial charge in [0.15, 0.2) is 0 Å². The maximum absolute atomic E-state index is 12.6. The predicted octanol–water partition coefficient (Wildman–Crippen LogP) is 5.68. The van der Waals surface area contributed by atoms with Gasteiger partial charge >= 0.3 is 11.9 Å². The summed E-state index contributed by atoms with van der Waals surface area (Å²) in [6, 6.07) is 0. The van der Waals surface area contributed by atoms with Crippen molar-refractivity contribution in [3.63, 3.8) is 0 Å². The number of allylic oxidation sites excluding steroid dienone is 4. The highest BCUT2D eigenvalue weighted by Gasteiger charge is 2.29. The van der Waals surface area contributed by atoms with Crippen molar-refractivity contribution in [1.29, 1.82) is 0 Å². The lowest BCUT2D eigenvalue weighted by Crippen LogP contribution is -2.24. The maximum atomic E-state index is 12.6. The van der Waals surface area contributed by atoms with Gasteiger partial charge in [-0.05, 0) is 32.8 Å². The molecule has 0 saturated heterocycles. The molecule has 0 aromatic heterocycles. The Hall–Kier alpha value is -1.84. The number of unbranched alkanes of at least 4 members (excludes halogenated alkanes) is 6. The third-order valence-electron chi connectivity index (χ3n) is 4.57. The van der Waals surface area contributed by atoms with Gasteiger partial charge in [-0.1, -0.05) is 75.7 Å². The molecule has 0 spiro atoms. The van der Waals surface area contributed by atoms with E-state index in [4.69, 9.17) is 9.47 Å². The van der Waals surface area contributed by atoms with Crippen molar-refractivity contribution in [2.24, 2.45) is 5.92 Å². The molecular weight excluding hydrogens is 340 g/mol. The number of hydrogen-bond acceptors (Lipinski definition) is 4. The van der Waals surface area contributed by atoms with Crippen LogP contribution in [0.1, 0.15) is 79.1 Å². The third kappa shape index (κ3) is 9.07. The number of hydrogen-bond donors (Lipinski definition) is 0. The molecule has 0 bridgehead atoms. The predicted molar refractivity (Wildman–Crippen MR) is 109 cm³/mol. The van der Waals surface area contributed by atoms with Gasteiger partial charge in [-0.25, -0.2) is 4.79 Å². The highest BCUT2D eigenvalue weighted by Crippen LogP contribution is 2.25. The number of carbonyl (C=O) groups is 2. The van der Waals surface area contributed by atoms with Crippen LogP contribution in [0.3, 0.4) is 0 Å². The van der Waals surface area contributed by atoms with Crippen LogP contribution in [-0.4, -0.2) is 25.2 Å². The van der Waals surface area contributed by atoms with Gasteiger partial charge in [0.2, 0.25) is 0 Å². The summed E-state index contributed by atoms with van der Waals surface area (Å²) in [5.74, 6) is -1.49. The van der Waals surface area contributed by atoms with Crippen molar-refractivity contribution < 1.29 is 19.1 Å². The summed E-state index contributed by atoms with van der Waals surface area (Å²) in [4.78, 5) is 25.2. The van der Waals surface area contributed by atoms with E-state index in [1.54, 1.807) is 12.2 Å². The molecule has 27 heavy (non-hydrogen) atoms. The van der Waals surface area contributed by atoms with Crippen LogP contribution in [-0.2, 0) is 19.1 Å². The summed E-state index contributed by atoms with van der Waals surface area (Å²) in [5, 5.41) is 0. The van der Waals surface area contributed by atoms with Crippen LogP contribution in [0.2, 0.25) is 0 Å². The first kappa shape index (κ1) is 23.2. The molecule has 1 aliphatic carbocycles. The van der Waals surface area contributed by atoms with Crippen molar-refractivity contribution in [2.75, 3.05) is 13.2 Å². The molecule has 0 aliphatic heterocycles. The van der Waals surface area contributed by atoms with Crippen LogP contribution >= 0.6 is 0 Å². The van der Waals surface area contributed by atoms with Gasteiger partial charge < -0.3 is 9.47 Å². The van der Waals surface area contributed by atoms with Crippen LogP contribution in [0.5, 0.6) is 0 Å². The SMILES string of the molecule is CCCCCCOC(=O)C1=CC(C)=CC(C)=CC1C(=O)OCCCCCC. The molecule has 1 aliphatic rings. The fourth-order valence-electron chi connectivity index (χ4n) is 3.09. The summed E-state index contributed by atoms with van der Waals surface area (Å²) in [6.07, 6.45) is 13.9. The lowest BCUT2D eigenvalue weighted by molar-refractivity contribution is -0.149. The van der Waals surface area contributed by atoms with E-state index in [0.717, 1.165) is 62.5 Å². The quantitative estimate of drug-likeness (QED) is 0.325. The zero-order valence-corrected chi connectivity index (χ0v) is 17.5. The molecule has 152 valence electrons. The topological polar surface area (TPSA) is 52.6 Å². The summed E-state index contributed by atoms with van der Waals surface area (Å²) in [7, 11) is 0. The van der Waals surface area contributed by atoms with Crippen LogP contribution in [0.25, 0.3) is 0 Å². The second-order valence-electron chi connectivity index (χ2n) is 7.30. The zero-order valence-electron chi connectivity index (χ0n) is 17.5. The molecule has 4 heteroatoms. The van der Waals surface area contributed by atoms with Crippen LogP contribution in [0.15, 0.2) is 34.9 Å². The minimum Gasteiger partial charge on any atom is -0.465 e. The fraction of sp³-hybridized carbons (Fsp3) is 0.652. The summed E-state index contributed by atoms with van der Waals surface area (Å²) < 4.78 is 10.9. The van der Waals surface area contributed by atoms with Gasteiger partial charge in [-0.2, -0.15) is 0 Å². The highest BCUT2D eigenvalue weighted by atomic mass is 16.5. The van der Waals surface area contributed by atoms with Crippen molar-refractivity contribution in [3.05, 3.63) is 34.9 Å². The summed E-state index contributed by atoms with van der Waals surface area (Å²) >= 11 is 0. The van der Waals surface area contributed by atoms with Gasteiger partial charge in [0.1, 0.15) is 5.92 Å². The van der Waals surface area contributed by atoms with Crippen molar-refractivity contribution in [1.82, 2.24) is 0 Å². The first-order valence-corrected chi connectivity index (χ1v) is 10.4. The number of rotatable bonds is 12. The maximum Gasteiger partial charge on any atom is 0.335 e. The van der Waals surface area contributed by atoms with Crippen molar-refractivity contribution in [3.8, 4) is 0 Å². The first-order chi connectivity index (χ1) is 13.0. The van der Waals surface area contributed by atoms with Gasteiger partial charge in [0, 0.05) is 0 Å². The Balaban J connectivity index is 2.72. The van der Waals surface area contributed by atoms with Crippen molar-refractivity contribution >= 4 is 11.9 Å². The van der Waals surface area contributed by atoms with E-state index in [9.17, 15) is 9.59 Å². The van der Waals surface area contributed by atoms with E-state index < -0.39 is 11.9 Å². The van der Waals surface area contributed by atoms with Gasteiger partial charge in [-0.3, -0.25) is 4.79 Å². The zero-order chi connectivity index (χ0) is 20.1. The Kier molecular flexibility index (Phi) is 11.5. The van der Waals surface area contributed by atoms with Gasteiger partial charge in [0.25, 0.3) is 0 Å². The minimum atomic E-state index is -0.701. The molecule has 1 unspecified atom stereocenters. The van der Waals surface area contributed by atoms with E-state index >= 15 is 0 Å². The van der Waals surface area contributed by atoms with Gasteiger partial charge in [0.05, 0.1) is 18.8 Å². The molecule has 0 radical (unpaired) electrons. The average molecular weight is 377 g/mol. The van der Waals surface area contributed by atoms with Crippen LogP contribution < -0.4 is 0 Å². The summed E-state index contributed by atoms with van der Waals surface area (Å²) in [5.41, 5.74) is 2.25. The van der Waals surface area contributed by atoms with Crippen LogP contribution in [0.4, 0.5) is 0 Å². The highest BCUT2D eigenvalue weighted by molar-refractivity contribution is 5.97. The van der Waals surface area contributed by atoms with Crippen LogP contribution in [0, 0.1) is 5.92 Å². The number of carbonyl (C=O) groups excluding carboxylic acids is 2. The number of ether oxygens (including phenoxy) is 2. The third-order valence-corrected chi connectivity index (χ3v) is 4.57. The van der Waals surface area contributed by atoms with Crippen molar-refractivity contribution in [2.45, 2.75) is 79.1 Å². The number of esters is 2. The van der Waals surface area contributed by atoms with E-state index in [-0.39, 0.29) is 5.97 Å². The molecule has 4 nitrogen and oxygen atoms in total. The molecule has 0 fully saturated rings.